The number of hydrogen-bond acceptors (Lipinski definition) is 3. The van der Waals surface area contributed by atoms with Crippen molar-refractivity contribution in [1.82, 2.24) is 10.3 Å². The normalized spacial score (nSPS) is 15.8. The van der Waals surface area contributed by atoms with Gasteiger partial charge in [0.05, 0.1) is 11.4 Å². The summed E-state index contributed by atoms with van der Waals surface area (Å²) in [6, 6.07) is 22.6. The summed E-state index contributed by atoms with van der Waals surface area (Å²) in [5.74, 6) is -1.36. The van der Waals surface area contributed by atoms with Crippen molar-refractivity contribution in [3.8, 4) is 0 Å². The predicted molar refractivity (Wildman–Crippen MR) is 121 cm³/mol. The van der Waals surface area contributed by atoms with Crippen LogP contribution in [0.1, 0.15) is 21.6 Å². The average Bonchev–Trinajstić information content (AvgIpc) is 3.22. The summed E-state index contributed by atoms with van der Waals surface area (Å²) >= 11 is 0. The average molecular weight is 426 g/mol. The maximum absolute atomic E-state index is 14.7. The zero-order valence-corrected chi connectivity index (χ0v) is 17.2. The lowest BCUT2D eigenvalue weighted by molar-refractivity contribution is -0.119. The van der Waals surface area contributed by atoms with Crippen LogP contribution in [0.5, 0.6) is 0 Å². The van der Waals surface area contributed by atoms with Crippen LogP contribution in [-0.2, 0) is 4.79 Å². The first-order valence-electron chi connectivity index (χ1n) is 10.1. The van der Waals surface area contributed by atoms with Gasteiger partial charge in [0.1, 0.15) is 11.5 Å². The third kappa shape index (κ3) is 3.33. The lowest BCUT2D eigenvalue weighted by atomic mass is 10.00. The van der Waals surface area contributed by atoms with Gasteiger partial charge in [-0.1, -0.05) is 48.5 Å². The number of aromatic nitrogens is 1. The van der Waals surface area contributed by atoms with Gasteiger partial charge in [0, 0.05) is 29.1 Å². The Balaban J connectivity index is 1.58. The Hall–Kier alpha value is -4.26. The van der Waals surface area contributed by atoms with Crippen molar-refractivity contribution in [3.05, 3.63) is 102 Å². The molecule has 0 saturated carbocycles. The molecular weight excluding hydrogens is 407 g/mol. The van der Waals surface area contributed by atoms with Crippen LogP contribution in [0.4, 0.5) is 10.1 Å². The molecule has 1 aliphatic heterocycles. The number of para-hydroxylation sites is 2. The predicted octanol–water partition coefficient (Wildman–Crippen LogP) is 3.88. The SMILES string of the molecule is CN1C(=O)[C@H](NC(=O)c2cc3ccccc3[nH]2)N=C(c2ccccc2F)c2ccccc21. The van der Waals surface area contributed by atoms with Crippen molar-refractivity contribution >= 4 is 34.1 Å². The molecule has 7 heteroatoms. The summed E-state index contributed by atoms with van der Waals surface area (Å²) in [6.45, 7) is 0. The Kier molecular flexibility index (Phi) is 4.78. The van der Waals surface area contributed by atoms with Gasteiger partial charge in [0.15, 0.2) is 0 Å². The minimum atomic E-state index is -1.22. The van der Waals surface area contributed by atoms with E-state index in [1.165, 1.54) is 11.0 Å². The van der Waals surface area contributed by atoms with Gasteiger partial charge < -0.3 is 15.2 Å². The molecule has 1 atom stereocenters. The molecule has 32 heavy (non-hydrogen) atoms. The van der Waals surface area contributed by atoms with Crippen molar-refractivity contribution in [1.29, 1.82) is 0 Å². The number of aromatic amines is 1. The Morgan fingerprint density at radius 1 is 1.00 bits per heavy atom. The molecule has 2 N–H and O–H groups in total. The number of benzene rings is 3. The largest absolute Gasteiger partial charge is 0.351 e. The van der Waals surface area contributed by atoms with Gasteiger partial charge in [-0.3, -0.25) is 9.59 Å². The first kappa shape index (κ1) is 19.7. The summed E-state index contributed by atoms with van der Waals surface area (Å²) < 4.78 is 14.7. The Morgan fingerprint density at radius 2 is 1.69 bits per heavy atom. The van der Waals surface area contributed by atoms with Gasteiger partial charge in [0.25, 0.3) is 11.8 Å². The van der Waals surface area contributed by atoms with E-state index in [9.17, 15) is 14.0 Å². The van der Waals surface area contributed by atoms with E-state index < -0.39 is 23.8 Å². The van der Waals surface area contributed by atoms with E-state index >= 15 is 0 Å². The molecule has 158 valence electrons. The van der Waals surface area contributed by atoms with Crippen LogP contribution in [-0.4, -0.2) is 35.7 Å². The fourth-order valence-corrected chi connectivity index (χ4v) is 3.88. The van der Waals surface area contributed by atoms with E-state index in [2.05, 4.69) is 15.3 Å². The van der Waals surface area contributed by atoms with Gasteiger partial charge in [-0.05, 0) is 30.3 Å². The number of nitrogens with zero attached hydrogens (tertiary/aromatic N) is 2. The molecule has 0 bridgehead atoms. The Morgan fingerprint density at radius 3 is 2.47 bits per heavy atom. The molecule has 0 spiro atoms. The summed E-state index contributed by atoms with van der Waals surface area (Å²) in [5.41, 5.74) is 2.87. The number of aliphatic imine (C=N–C) groups is 1. The monoisotopic (exact) mass is 426 g/mol. The van der Waals surface area contributed by atoms with Crippen molar-refractivity contribution in [2.45, 2.75) is 6.17 Å². The number of fused-ring (bicyclic) bond motifs is 2. The molecular formula is C25H19FN4O2. The minimum absolute atomic E-state index is 0.257. The molecule has 1 aliphatic rings. The molecule has 0 unspecified atom stereocenters. The Bertz CT molecular complexity index is 1360. The summed E-state index contributed by atoms with van der Waals surface area (Å²) in [7, 11) is 1.61. The summed E-state index contributed by atoms with van der Waals surface area (Å²) in [4.78, 5) is 35.2. The maximum Gasteiger partial charge on any atom is 0.272 e. The molecule has 0 fully saturated rings. The Labute approximate surface area is 183 Å². The highest BCUT2D eigenvalue weighted by atomic mass is 19.1. The first-order chi connectivity index (χ1) is 15.5. The van der Waals surface area contributed by atoms with Gasteiger partial charge >= 0.3 is 0 Å². The third-order valence-corrected chi connectivity index (χ3v) is 5.51. The molecule has 1 aromatic heterocycles. The van der Waals surface area contributed by atoms with E-state index in [4.69, 9.17) is 0 Å². The van der Waals surface area contributed by atoms with Crippen molar-refractivity contribution in [2.75, 3.05) is 11.9 Å². The molecule has 2 amide bonds. The first-order valence-corrected chi connectivity index (χ1v) is 10.1. The van der Waals surface area contributed by atoms with Crippen molar-refractivity contribution < 1.29 is 14.0 Å². The van der Waals surface area contributed by atoms with Crippen LogP contribution in [0.3, 0.4) is 0 Å². The zero-order chi connectivity index (χ0) is 22.2. The minimum Gasteiger partial charge on any atom is -0.351 e. The second kappa shape index (κ2) is 7.77. The highest BCUT2D eigenvalue weighted by Gasteiger charge is 2.32. The number of carbonyl (C=O) groups excluding carboxylic acids is 2. The lowest BCUT2D eigenvalue weighted by Crippen LogP contribution is -2.46. The van der Waals surface area contributed by atoms with Crippen LogP contribution in [0.15, 0.2) is 83.9 Å². The van der Waals surface area contributed by atoms with Crippen molar-refractivity contribution in [2.24, 2.45) is 4.99 Å². The van der Waals surface area contributed by atoms with Crippen molar-refractivity contribution in [3.63, 3.8) is 0 Å². The molecule has 5 rings (SSSR count). The number of carbonyl (C=O) groups is 2. The van der Waals surface area contributed by atoms with Gasteiger partial charge in [0.2, 0.25) is 6.17 Å². The van der Waals surface area contributed by atoms with E-state index in [0.717, 1.165) is 10.9 Å². The molecule has 0 aliphatic carbocycles. The molecule has 0 radical (unpaired) electrons. The number of hydrogen-bond donors (Lipinski definition) is 2. The van der Waals surface area contributed by atoms with Crippen LogP contribution in [0, 0.1) is 5.82 Å². The third-order valence-electron chi connectivity index (χ3n) is 5.51. The number of halogens is 1. The lowest BCUT2D eigenvalue weighted by Gasteiger charge is -2.20. The number of H-pyrrole nitrogens is 1. The summed E-state index contributed by atoms with van der Waals surface area (Å²) in [5, 5.41) is 3.58. The molecule has 6 nitrogen and oxygen atoms in total. The van der Waals surface area contributed by atoms with Gasteiger partial charge in [-0.25, -0.2) is 9.38 Å². The topological polar surface area (TPSA) is 77.6 Å². The highest BCUT2D eigenvalue weighted by molar-refractivity contribution is 6.20. The second-order valence-electron chi connectivity index (χ2n) is 7.52. The molecule has 4 aromatic rings. The number of nitrogens with one attached hydrogen (secondary N) is 2. The zero-order valence-electron chi connectivity index (χ0n) is 17.2. The maximum atomic E-state index is 14.7. The smallest absolute Gasteiger partial charge is 0.272 e. The standard InChI is InChI=1S/C25H19FN4O2/c1-30-21-13-7-4-10-17(21)22(16-9-3-5-11-18(16)26)28-23(25(30)32)29-24(31)20-14-15-8-2-6-12-19(15)27-20/h2-14,23,27H,1H3,(H,29,31)/t23-/m0/s1. The quantitative estimate of drug-likeness (QED) is 0.522. The van der Waals surface area contributed by atoms with Gasteiger partial charge in [-0.15, -0.1) is 0 Å². The van der Waals surface area contributed by atoms with Gasteiger partial charge in [-0.2, -0.15) is 0 Å². The number of anilines is 1. The molecule has 0 saturated heterocycles. The number of rotatable bonds is 3. The van der Waals surface area contributed by atoms with E-state index in [1.807, 2.05) is 24.3 Å². The van der Waals surface area contributed by atoms with Crippen LogP contribution >= 0.6 is 0 Å². The fraction of sp³-hybridized carbons (Fsp3) is 0.0800. The van der Waals surface area contributed by atoms with E-state index in [-0.39, 0.29) is 5.56 Å². The number of likely N-dealkylation sites (N-methyl/N-ethyl adjacent to an activating group) is 1. The van der Waals surface area contributed by atoms with Crippen LogP contribution in [0.25, 0.3) is 10.9 Å². The van der Waals surface area contributed by atoms with Crippen LogP contribution in [0.2, 0.25) is 0 Å². The van der Waals surface area contributed by atoms with Crippen LogP contribution < -0.4 is 10.2 Å². The van der Waals surface area contributed by atoms with E-state index in [0.29, 0.717) is 22.7 Å². The fourth-order valence-electron chi connectivity index (χ4n) is 3.88. The summed E-state index contributed by atoms with van der Waals surface area (Å²) in [6.07, 6.45) is -1.22. The number of amides is 2. The second-order valence-corrected chi connectivity index (χ2v) is 7.52. The highest BCUT2D eigenvalue weighted by Crippen LogP contribution is 2.28. The number of benzodiazepines with no additional fused rings is 1. The molecule has 3 aromatic carbocycles. The molecule has 2 heterocycles. The van der Waals surface area contributed by atoms with E-state index in [1.54, 1.807) is 55.6 Å².